The lowest BCUT2D eigenvalue weighted by atomic mass is 9.90. The summed E-state index contributed by atoms with van der Waals surface area (Å²) in [5, 5.41) is 3.43. The zero-order chi connectivity index (χ0) is 10.9. The van der Waals surface area contributed by atoms with Gasteiger partial charge in [-0.1, -0.05) is 34.1 Å². The predicted octanol–water partition coefficient (Wildman–Crippen LogP) is 2.83. The van der Waals surface area contributed by atoms with Crippen molar-refractivity contribution >= 4 is 0 Å². The fraction of sp³-hybridized carbons (Fsp3) is 1.00. The van der Waals surface area contributed by atoms with E-state index in [1.807, 2.05) is 0 Å². The lowest BCUT2D eigenvalue weighted by Gasteiger charge is -2.22. The van der Waals surface area contributed by atoms with E-state index in [4.69, 9.17) is 4.74 Å². The second-order valence-electron chi connectivity index (χ2n) is 4.66. The summed E-state index contributed by atoms with van der Waals surface area (Å²) >= 11 is 0. The molecule has 2 nitrogen and oxygen atoms in total. The van der Waals surface area contributed by atoms with Gasteiger partial charge in [0.15, 0.2) is 0 Å². The highest BCUT2D eigenvalue weighted by Gasteiger charge is 2.13. The Morgan fingerprint density at radius 1 is 1.14 bits per heavy atom. The first-order valence-corrected chi connectivity index (χ1v) is 5.91. The maximum Gasteiger partial charge on any atom is 0.0590 e. The SMILES string of the molecule is CCCCOCCNCC(C)(C)CC. The number of hydrogen-bond acceptors (Lipinski definition) is 2. The largest absolute Gasteiger partial charge is 0.380 e. The highest BCUT2D eigenvalue weighted by atomic mass is 16.5. The topological polar surface area (TPSA) is 21.3 Å². The second kappa shape index (κ2) is 8.25. The van der Waals surface area contributed by atoms with Crippen LogP contribution in [0.25, 0.3) is 0 Å². The van der Waals surface area contributed by atoms with Crippen LogP contribution in [0.1, 0.15) is 47.0 Å². The van der Waals surface area contributed by atoms with Gasteiger partial charge in [-0.15, -0.1) is 0 Å². The molecular weight excluding hydrogens is 174 g/mol. The number of unbranched alkanes of at least 4 members (excludes halogenated alkanes) is 1. The predicted molar refractivity (Wildman–Crippen MR) is 62.7 cm³/mol. The molecule has 0 saturated carbocycles. The normalized spacial score (nSPS) is 12.0. The molecule has 2 heteroatoms. The Kier molecular flexibility index (Phi) is 8.20. The van der Waals surface area contributed by atoms with E-state index in [1.54, 1.807) is 0 Å². The Bertz CT molecular complexity index is 123. The first kappa shape index (κ1) is 13.9. The summed E-state index contributed by atoms with van der Waals surface area (Å²) in [6.45, 7) is 12.8. The molecular formula is C12H27NO. The molecule has 0 unspecified atom stereocenters. The molecule has 1 N–H and O–H groups in total. The molecule has 0 rings (SSSR count). The first-order chi connectivity index (χ1) is 6.62. The number of rotatable bonds is 9. The Balaban J connectivity index is 3.13. The van der Waals surface area contributed by atoms with Crippen molar-refractivity contribution in [1.82, 2.24) is 5.32 Å². The summed E-state index contributed by atoms with van der Waals surface area (Å²) in [5.41, 5.74) is 0.420. The third kappa shape index (κ3) is 8.52. The van der Waals surface area contributed by atoms with Crippen molar-refractivity contribution in [3.63, 3.8) is 0 Å². The van der Waals surface area contributed by atoms with Crippen LogP contribution in [0.15, 0.2) is 0 Å². The van der Waals surface area contributed by atoms with E-state index in [0.717, 1.165) is 26.3 Å². The zero-order valence-corrected chi connectivity index (χ0v) is 10.4. The monoisotopic (exact) mass is 201 g/mol. The van der Waals surface area contributed by atoms with Crippen molar-refractivity contribution in [2.45, 2.75) is 47.0 Å². The van der Waals surface area contributed by atoms with Crippen LogP contribution in [0, 0.1) is 5.41 Å². The molecule has 0 aliphatic rings. The van der Waals surface area contributed by atoms with Gasteiger partial charge in [-0.25, -0.2) is 0 Å². The van der Waals surface area contributed by atoms with E-state index in [-0.39, 0.29) is 0 Å². The molecule has 86 valence electrons. The van der Waals surface area contributed by atoms with Crippen LogP contribution in [0.5, 0.6) is 0 Å². The molecule has 0 aliphatic carbocycles. The van der Waals surface area contributed by atoms with Crippen LogP contribution >= 0.6 is 0 Å². The molecule has 14 heavy (non-hydrogen) atoms. The third-order valence-electron chi connectivity index (χ3n) is 2.63. The summed E-state index contributed by atoms with van der Waals surface area (Å²) in [6, 6.07) is 0. The molecule has 0 fully saturated rings. The fourth-order valence-corrected chi connectivity index (χ4v) is 1.04. The maximum absolute atomic E-state index is 5.46. The van der Waals surface area contributed by atoms with Crippen LogP contribution in [0.2, 0.25) is 0 Å². The molecule has 0 aliphatic heterocycles. The van der Waals surface area contributed by atoms with Crippen LogP contribution in [-0.2, 0) is 4.74 Å². The Morgan fingerprint density at radius 2 is 1.86 bits per heavy atom. The standard InChI is InChI=1S/C12H27NO/c1-5-7-9-14-10-8-13-11-12(3,4)6-2/h13H,5-11H2,1-4H3. The van der Waals surface area contributed by atoms with Crippen molar-refractivity contribution in [3.05, 3.63) is 0 Å². The number of ether oxygens (including phenoxy) is 1. The van der Waals surface area contributed by atoms with Crippen molar-refractivity contribution in [2.24, 2.45) is 5.41 Å². The molecule has 0 spiro atoms. The van der Waals surface area contributed by atoms with Gasteiger partial charge in [0, 0.05) is 19.7 Å². The minimum Gasteiger partial charge on any atom is -0.380 e. The van der Waals surface area contributed by atoms with Crippen molar-refractivity contribution in [2.75, 3.05) is 26.3 Å². The smallest absolute Gasteiger partial charge is 0.0590 e. The lowest BCUT2D eigenvalue weighted by Crippen LogP contribution is -2.31. The van der Waals surface area contributed by atoms with Crippen LogP contribution < -0.4 is 5.32 Å². The molecule has 0 atom stereocenters. The van der Waals surface area contributed by atoms with Gasteiger partial charge in [-0.3, -0.25) is 0 Å². The second-order valence-corrected chi connectivity index (χ2v) is 4.66. The van der Waals surface area contributed by atoms with Gasteiger partial charge in [-0.2, -0.15) is 0 Å². The van der Waals surface area contributed by atoms with Crippen molar-refractivity contribution in [3.8, 4) is 0 Å². The average molecular weight is 201 g/mol. The molecule has 0 aromatic rings. The zero-order valence-electron chi connectivity index (χ0n) is 10.4. The van der Waals surface area contributed by atoms with Crippen LogP contribution in [-0.4, -0.2) is 26.3 Å². The van der Waals surface area contributed by atoms with Gasteiger partial charge in [0.1, 0.15) is 0 Å². The minimum absolute atomic E-state index is 0.420. The molecule has 0 heterocycles. The lowest BCUT2D eigenvalue weighted by molar-refractivity contribution is 0.130. The maximum atomic E-state index is 5.46. The minimum atomic E-state index is 0.420. The summed E-state index contributed by atoms with van der Waals surface area (Å²) in [6.07, 6.45) is 3.62. The fourth-order valence-electron chi connectivity index (χ4n) is 1.04. The summed E-state index contributed by atoms with van der Waals surface area (Å²) in [5.74, 6) is 0. The van der Waals surface area contributed by atoms with Crippen LogP contribution in [0.4, 0.5) is 0 Å². The van der Waals surface area contributed by atoms with Crippen LogP contribution in [0.3, 0.4) is 0 Å². The summed E-state index contributed by atoms with van der Waals surface area (Å²) in [7, 11) is 0. The number of nitrogens with one attached hydrogen (secondary N) is 1. The number of hydrogen-bond donors (Lipinski definition) is 1. The Morgan fingerprint density at radius 3 is 2.43 bits per heavy atom. The van der Waals surface area contributed by atoms with Gasteiger partial charge in [0.25, 0.3) is 0 Å². The van der Waals surface area contributed by atoms with Gasteiger partial charge in [0.2, 0.25) is 0 Å². The quantitative estimate of drug-likeness (QED) is 0.579. The average Bonchev–Trinajstić information content (AvgIpc) is 2.16. The molecule has 0 radical (unpaired) electrons. The van der Waals surface area contributed by atoms with Gasteiger partial charge < -0.3 is 10.1 Å². The van der Waals surface area contributed by atoms with E-state index in [2.05, 4.69) is 33.0 Å². The van der Waals surface area contributed by atoms with Gasteiger partial charge in [-0.05, 0) is 18.3 Å². The molecule has 0 bridgehead atoms. The van der Waals surface area contributed by atoms with Crippen molar-refractivity contribution in [1.29, 1.82) is 0 Å². The molecule has 0 amide bonds. The Hall–Kier alpha value is -0.0800. The van der Waals surface area contributed by atoms with Gasteiger partial charge >= 0.3 is 0 Å². The summed E-state index contributed by atoms with van der Waals surface area (Å²) < 4.78 is 5.46. The Labute approximate surface area is 89.4 Å². The molecule has 0 aromatic carbocycles. The highest BCUT2D eigenvalue weighted by Crippen LogP contribution is 2.17. The van der Waals surface area contributed by atoms with E-state index >= 15 is 0 Å². The van der Waals surface area contributed by atoms with Crippen molar-refractivity contribution < 1.29 is 4.74 Å². The molecule has 0 aromatic heterocycles. The third-order valence-corrected chi connectivity index (χ3v) is 2.63. The van der Waals surface area contributed by atoms with E-state index in [1.165, 1.54) is 19.3 Å². The van der Waals surface area contributed by atoms with E-state index < -0.39 is 0 Å². The summed E-state index contributed by atoms with van der Waals surface area (Å²) in [4.78, 5) is 0. The first-order valence-electron chi connectivity index (χ1n) is 5.91. The van der Waals surface area contributed by atoms with Gasteiger partial charge in [0.05, 0.1) is 6.61 Å². The van der Waals surface area contributed by atoms with E-state index in [9.17, 15) is 0 Å². The molecule has 0 saturated heterocycles. The highest BCUT2D eigenvalue weighted by molar-refractivity contribution is 4.68. The van der Waals surface area contributed by atoms with E-state index in [0.29, 0.717) is 5.41 Å².